The van der Waals surface area contributed by atoms with Crippen LogP contribution >= 0.6 is 0 Å². The molecule has 1 N–H and O–H groups in total. The molecule has 2 aliphatic carbocycles. The SMILES string of the molecule is CC1CCCC(O)(CN2C(=O)CC3(CCCC3)CC2=O)C1. The first-order valence-electron chi connectivity index (χ1n) is 8.47. The Morgan fingerprint density at radius 1 is 1.10 bits per heavy atom. The van der Waals surface area contributed by atoms with Crippen LogP contribution in [0.25, 0.3) is 0 Å². The number of imide groups is 1. The third kappa shape index (κ3) is 3.01. The summed E-state index contributed by atoms with van der Waals surface area (Å²) in [6.07, 6.45) is 8.85. The van der Waals surface area contributed by atoms with Gasteiger partial charge in [0.1, 0.15) is 0 Å². The van der Waals surface area contributed by atoms with E-state index in [0.717, 1.165) is 38.5 Å². The van der Waals surface area contributed by atoms with Gasteiger partial charge in [-0.3, -0.25) is 14.5 Å². The highest BCUT2D eigenvalue weighted by atomic mass is 16.3. The molecule has 0 radical (unpaired) electrons. The van der Waals surface area contributed by atoms with Crippen molar-refractivity contribution in [3.05, 3.63) is 0 Å². The quantitative estimate of drug-likeness (QED) is 0.796. The molecule has 0 aromatic heterocycles. The zero-order valence-corrected chi connectivity index (χ0v) is 13.1. The van der Waals surface area contributed by atoms with Crippen molar-refractivity contribution < 1.29 is 14.7 Å². The van der Waals surface area contributed by atoms with Gasteiger partial charge in [0.2, 0.25) is 11.8 Å². The average molecular weight is 293 g/mol. The van der Waals surface area contributed by atoms with Crippen LogP contribution < -0.4 is 0 Å². The molecule has 1 aliphatic heterocycles. The number of β-amino-alcohol motifs (C(OH)–C–C–N with tert-alkyl or cyclic N) is 1. The molecule has 0 bridgehead atoms. The predicted octanol–water partition coefficient (Wildman–Crippen LogP) is 2.64. The van der Waals surface area contributed by atoms with Crippen molar-refractivity contribution in [1.29, 1.82) is 0 Å². The summed E-state index contributed by atoms with van der Waals surface area (Å²) in [4.78, 5) is 26.3. The van der Waals surface area contributed by atoms with Crippen LogP contribution in [0.4, 0.5) is 0 Å². The van der Waals surface area contributed by atoms with Gasteiger partial charge in [-0.1, -0.05) is 32.6 Å². The van der Waals surface area contributed by atoms with E-state index >= 15 is 0 Å². The van der Waals surface area contributed by atoms with Crippen molar-refractivity contribution in [3.63, 3.8) is 0 Å². The summed E-state index contributed by atoms with van der Waals surface area (Å²) >= 11 is 0. The lowest BCUT2D eigenvalue weighted by molar-refractivity contribution is -0.159. The first-order chi connectivity index (χ1) is 9.91. The highest BCUT2D eigenvalue weighted by Gasteiger charge is 2.47. The van der Waals surface area contributed by atoms with Crippen LogP contribution in [0.5, 0.6) is 0 Å². The third-order valence-corrected chi connectivity index (χ3v) is 5.84. The molecule has 4 nitrogen and oxygen atoms in total. The lowest BCUT2D eigenvalue weighted by atomic mass is 9.75. The third-order valence-electron chi connectivity index (χ3n) is 5.84. The van der Waals surface area contributed by atoms with Gasteiger partial charge in [-0.2, -0.15) is 0 Å². The van der Waals surface area contributed by atoms with Crippen LogP contribution in [0, 0.1) is 11.3 Å². The molecule has 3 aliphatic rings. The maximum absolute atomic E-state index is 12.5. The Hall–Kier alpha value is -0.900. The number of aliphatic hydroxyl groups is 1. The molecule has 0 aromatic carbocycles. The van der Waals surface area contributed by atoms with E-state index in [4.69, 9.17) is 0 Å². The second-order valence-electron chi connectivity index (χ2n) is 7.86. The maximum Gasteiger partial charge on any atom is 0.229 e. The minimum Gasteiger partial charge on any atom is -0.388 e. The van der Waals surface area contributed by atoms with Gasteiger partial charge in [-0.05, 0) is 37.0 Å². The number of piperidine rings is 1. The Balaban J connectivity index is 1.68. The zero-order valence-electron chi connectivity index (χ0n) is 13.1. The van der Waals surface area contributed by atoms with Crippen molar-refractivity contribution in [2.75, 3.05) is 6.54 Å². The van der Waals surface area contributed by atoms with E-state index in [9.17, 15) is 14.7 Å². The molecule has 21 heavy (non-hydrogen) atoms. The van der Waals surface area contributed by atoms with E-state index < -0.39 is 5.60 Å². The van der Waals surface area contributed by atoms with E-state index in [1.807, 2.05) is 0 Å². The minimum absolute atomic E-state index is 0.0485. The van der Waals surface area contributed by atoms with Crippen molar-refractivity contribution in [3.8, 4) is 0 Å². The molecule has 0 aromatic rings. The second kappa shape index (κ2) is 5.38. The summed E-state index contributed by atoms with van der Waals surface area (Å²) in [6, 6.07) is 0. The second-order valence-corrected chi connectivity index (χ2v) is 7.86. The molecule has 118 valence electrons. The van der Waals surface area contributed by atoms with E-state index in [-0.39, 0.29) is 23.8 Å². The van der Waals surface area contributed by atoms with E-state index in [0.29, 0.717) is 31.6 Å². The number of likely N-dealkylation sites (tertiary alicyclic amines) is 1. The monoisotopic (exact) mass is 293 g/mol. The Bertz CT molecular complexity index is 421. The van der Waals surface area contributed by atoms with E-state index in [1.165, 1.54) is 4.90 Å². The molecule has 2 saturated carbocycles. The molecular weight excluding hydrogens is 266 g/mol. The first-order valence-corrected chi connectivity index (χ1v) is 8.47. The van der Waals surface area contributed by atoms with Crippen LogP contribution in [0.2, 0.25) is 0 Å². The van der Waals surface area contributed by atoms with Gasteiger partial charge >= 0.3 is 0 Å². The topological polar surface area (TPSA) is 57.6 Å². The highest BCUT2D eigenvalue weighted by molar-refractivity contribution is 5.98. The molecule has 3 fully saturated rings. The number of amides is 2. The molecule has 2 amide bonds. The number of hydrogen-bond acceptors (Lipinski definition) is 3. The Labute approximate surface area is 126 Å². The molecule has 2 atom stereocenters. The summed E-state index contributed by atoms with van der Waals surface area (Å²) in [7, 11) is 0. The Morgan fingerprint density at radius 3 is 2.29 bits per heavy atom. The van der Waals surface area contributed by atoms with Crippen LogP contribution in [-0.2, 0) is 9.59 Å². The summed E-state index contributed by atoms with van der Waals surface area (Å²) in [6.45, 7) is 2.35. The summed E-state index contributed by atoms with van der Waals surface area (Å²) in [5.74, 6) is 0.361. The van der Waals surface area contributed by atoms with Crippen molar-refractivity contribution in [1.82, 2.24) is 4.90 Å². The first kappa shape index (κ1) is 15.0. The lowest BCUT2D eigenvalue weighted by Crippen LogP contribution is -2.54. The number of hydrogen-bond donors (Lipinski definition) is 1. The average Bonchev–Trinajstić information content (AvgIpc) is 2.82. The number of nitrogens with zero attached hydrogens (tertiary/aromatic N) is 1. The zero-order chi connectivity index (χ0) is 15.1. The molecular formula is C17H27NO3. The number of carbonyl (C=O) groups excluding carboxylic acids is 2. The van der Waals surface area contributed by atoms with E-state index in [1.54, 1.807) is 0 Å². The van der Waals surface area contributed by atoms with Gasteiger partial charge in [0.25, 0.3) is 0 Å². The highest BCUT2D eigenvalue weighted by Crippen LogP contribution is 2.47. The van der Waals surface area contributed by atoms with Crippen LogP contribution in [0.3, 0.4) is 0 Å². The van der Waals surface area contributed by atoms with Crippen molar-refractivity contribution in [2.24, 2.45) is 11.3 Å². The normalized spacial score (nSPS) is 36.5. The van der Waals surface area contributed by atoms with Gasteiger partial charge in [-0.25, -0.2) is 0 Å². The fourth-order valence-electron chi connectivity index (χ4n) is 4.76. The smallest absolute Gasteiger partial charge is 0.229 e. The summed E-state index contributed by atoms with van der Waals surface area (Å²) in [5, 5.41) is 10.7. The molecule has 4 heteroatoms. The van der Waals surface area contributed by atoms with Gasteiger partial charge in [0, 0.05) is 12.8 Å². The lowest BCUT2D eigenvalue weighted by Gasteiger charge is -2.42. The van der Waals surface area contributed by atoms with E-state index in [2.05, 4.69) is 6.92 Å². The largest absolute Gasteiger partial charge is 0.388 e. The van der Waals surface area contributed by atoms with Gasteiger partial charge < -0.3 is 5.11 Å². The Morgan fingerprint density at radius 2 is 1.71 bits per heavy atom. The molecule has 1 spiro atoms. The minimum atomic E-state index is -0.858. The van der Waals surface area contributed by atoms with Gasteiger partial charge in [-0.15, -0.1) is 0 Å². The standard InChI is InChI=1S/C17H27NO3/c1-13-5-4-8-17(21,9-13)12-18-14(19)10-16(11-15(18)20)6-2-3-7-16/h13,21H,2-12H2,1H3. The molecule has 1 heterocycles. The number of carbonyl (C=O) groups is 2. The fraction of sp³-hybridized carbons (Fsp3) is 0.882. The molecule has 1 saturated heterocycles. The molecule has 3 rings (SSSR count). The van der Waals surface area contributed by atoms with Crippen molar-refractivity contribution in [2.45, 2.75) is 76.7 Å². The van der Waals surface area contributed by atoms with Crippen molar-refractivity contribution >= 4 is 11.8 Å². The molecule has 2 unspecified atom stereocenters. The van der Waals surface area contributed by atoms with Gasteiger partial charge in [0.05, 0.1) is 12.1 Å². The number of rotatable bonds is 2. The summed E-state index contributed by atoms with van der Waals surface area (Å²) < 4.78 is 0. The maximum atomic E-state index is 12.5. The summed E-state index contributed by atoms with van der Waals surface area (Å²) in [5.41, 5.74) is -0.906. The fourth-order valence-corrected chi connectivity index (χ4v) is 4.76. The predicted molar refractivity (Wildman–Crippen MR) is 79.4 cm³/mol. The van der Waals surface area contributed by atoms with Crippen LogP contribution in [0.15, 0.2) is 0 Å². The van der Waals surface area contributed by atoms with Crippen LogP contribution in [0.1, 0.15) is 71.1 Å². The Kier molecular flexibility index (Phi) is 3.85. The van der Waals surface area contributed by atoms with Crippen LogP contribution in [-0.4, -0.2) is 34.0 Å². The van der Waals surface area contributed by atoms with Gasteiger partial charge in [0.15, 0.2) is 0 Å².